The third kappa shape index (κ3) is 2.52. The quantitative estimate of drug-likeness (QED) is 0.861. The number of rotatable bonds is 4. The Labute approximate surface area is 141 Å². The fourth-order valence-electron chi connectivity index (χ4n) is 3.92. The number of imidazole rings is 1. The Morgan fingerprint density at radius 1 is 1.25 bits per heavy atom. The van der Waals surface area contributed by atoms with Gasteiger partial charge in [0.25, 0.3) is 0 Å². The molecule has 2 aromatic rings. The van der Waals surface area contributed by atoms with Crippen molar-refractivity contribution in [3.05, 3.63) is 53.9 Å². The van der Waals surface area contributed by atoms with Crippen LogP contribution in [0.5, 0.6) is 0 Å². The zero-order chi connectivity index (χ0) is 16.9. The van der Waals surface area contributed by atoms with E-state index >= 15 is 0 Å². The Morgan fingerprint density at radius 3 is 2.62 bits per heavy atom. The maximum Gasteiger partial charge on any atom is 0.246 e. The predicted molar refractivity (Wildman–Crippen MR) is 88.4 cm³/mol. The number of amides is 1. The van der Waals surface area contributed by atoms with Crippen molar-refractivity contribution in [3.8, 4) is 0 Å². The van der Waals surface area contributed by atoms with Crippen LogP contribution >= 0.6 is 0 Å². The van der Waals surface area contributed by atoms with Crippen LogP contribution in [0.2, 0.25) is 0 Å². The van der Waals surface area contributed by atoms with Crippen molar-refractivity contribution in [1.82, 2.24) is 14.5 Å². The van der Waals surface area contributed by atoms with E-state index in [0.717, 1.165) is 11.3 Å². The molecule has 1 aliphatic carbocycles. The van der Waals surface area contributed by atoms with E-state index in [-0.39, 0.29) is 23.2 Å². The minimum atomic E-state index is -0.255. The lowest BCUT2D eigenvalue weighted by Gasteiger charge is -2.42. The van der Waals surface area contributed by atoms with Gasteiger partial charge < -0.3 is 9.47 Å². The van der Waals surface area contributed by atoms with Crippen molar-refractivity contribution in [2.75, 3.05) is 0 Å². The van der Waals surface area contributed by atoms with Crippen LogP contribution < -0.4 is 0 Å². The first kappa shape index (κ1) is 15.4. The molecule has 126 valence electrons. The van der Waals surface area contributed by atoms with Gasteiger partial charge in [0.2, 0.25) is 5.91 Å². The molecule has 1 aromatic carbocycles. The summed E-state index contributed by atoms with van der Waals surface area (Å²) in [6.45, 7) is 5.44. The summed E-state index contributed by atoms with van der Waals surface area (Å²) in [6, 6.07) is 6.17. The number of halogens is 1. The zero-order valence-corrected chi connectivity index (χ0v) is 14.1. The molecule has 2 aliphatic rings. The maximum absolute atomic E-state index is 13.2. The highest BCUT2D eigenvalue weighted by atomic mass is 19.1. The first-order chi connectivity index (χ1) is 11.5. The second-order valence-electron chi connectivity index (χ2n) is 7.61. The van der Waals surface area contributed by atoms with Crippen molar-refractivity contribution < 1.29 is 9.18 Å². The van der Waals surface area contributed by atoms with Crippen LogP contribution in [0.1, 0.15) is 44.0 Å². The van der Waals surface area contributed by atoms with Crippen molar-refractivity contribution in [3.63, 3.8) is 0 Å². The van der Waals surface area contributed by atoms with Gasteiger partial charge in [-0.05, 0) is 41.9 Å². The third-order valence-electron chi connectivity index (χ3n) is 5.54. The fraction of sp³-hybridized carbons (Fsp3) is 0.474. The first-order valence-electron chi connectivity index (χ1n) is 8.51. The van der Waals surface area contributed by atoms with Gasteiger partial charge in [0.1, 0.15) is 11.9 Å². The van der Waals surface area contributed by atoms with E-state index in [2.05, 4.69) is 23.4 Å². The maximum atomic E-state index is 13.2. The topological polar surface area (TPSA) is 38.1 Å². The van der Waals surface area contributed by atoms with Gasteiger partial charge in [-0.3, -0.25) is 4.79 Å². The average molecular weight is 327 g/mol. The lowest BCUT2D eigenvalue weighted by atomic mass is 9.77. The van der Waals surface area contributed by atoms with Crippen molar-refractivity contribution >= 4 is 5.91 Å². The average Bonchev–Trinajstić information content (AvgIpc) is 3.31. The smallest absolute Gasteiger partial charge is 0.246 e. The van der Waals surface area contributed by atoms with Gasteiger partial charge in [-0.1, -0.05) is 26.0 Å². The van der Waals surface area contributed by atoms with Gasteiger partial charge in [0.15, 0.2) is 0 Å². The normalized spacial score (nSPS) is 21.0. The number of carbonyl (C=O) groups is 1. The molecule has 1 unspecified atom stereocenters. The summed E-state index contributed by atoms with van der Waals surface area (Å²) in [6.07, 6.45) is 6.02. The second kappa shape index (κ2) is 5.43. The third-order valence-corrected chi connectivity index (χ3v) is 5.54. The van der Waals surface area contributed by atoms with E-state index in [4.69, 9.17) is 0 Å². The predicted octanol–water partition coefficient (Wildman–Crippen LogP) is 3.54. The van der Waals surface area contributed by atoms with E-state index in [0.29, 0.717) is 19.0 Å². The molecule has 1 amide bonds. The van der Waals surface area contributed by atoms with Crippen LogP contribution in [-0.2, 0) is 17.9 Å². The highest BCUT2D eigenvalue weighted by Crippen LogP contribution is 2.52. The zero-order valence-electron chi connectivity index (χ0n) is 14.1. The molecule has 0 spiro atoms. The van der Waals surface area contributed by atoms with Crippen LogP contribution in [0, 0.1) is 17.2 Å². The number of fused-ring (bicyclic) bond motifs is 1. The van der Waals surface area contributed by atoms with Crippen molar-refractivity contribution in [1.29, 1.82) is 0 Å². The van der Waals surface area contributed by atoms with E-state index in [9.17, 15) is 9.18 Å². The highest BCUT2D eigenvalue weighted by molar-refractivity contribution is 5.82. The van der Waals surface area contributed by atoms with Crippen molar-refractivity contribution in [2.45, 2.75) is 45.8 Å². The Kier molecular flexibility index (Phi) is 3.48. The molecular weight excluding hydrogens is 305 g/mol. The molecule has 1 atom stereocenters. The summed E-state index contributed by atoms with van der Waals surface area (Å²) in [5.41, 5.74) is 1.92. The second-order valence-corrected chi connectivity index (χ2v) is 7.61. The molecule has 1 saturated carbocycles. The fourth-order valence-corrected chi connectivity index (χ4v) is 3.92. The van der Waals surface area contributed by atoms with Gasteiger partial charge in [-0.25, -0.2) is 9.37 Å². The number of aromatic nitrogens is 2. The molecule has 5 heteroatoms. The molecule has 0 N–H and O–H groups in total. The molecule has 4 nitrogen and oxygen atoms in total. The Bertz CT molecular complexity index is 761. The number of hydrogen-bond acceptors (Lipinski definition) is 2. The van der Waals surface area contributed by atoms with E-state index in [1.807, 2.05) is 11.1 Å². The molecule has 0 saturated heterocycles. The van der Waals surface area contributed by atoms with Crippen LogP contribution in [0.3, 0.4) is 0 Å². The molecule has 1 aliphatic heterocycles. The largest absolute Gasteiger partial charge is 0.331 e. The van der Waals surface area contributed by atoms with Gasteiger partial charge in [-0.15, -0.1) is 0 Å². The van der Waals surface area contributed by atoms with Gasteiger partial charge in [-0.2, -0.15) is 0 Å². The van der Waals surface area contributed by atoms with Crippen LogP contribution in [0.15, 0.2) is 36.8 Å². The highest BCUT2D eigenvalue weighted by Gasteiger charge is 2.50. The SMILES string of the molecule is CC(C)(C1CC1)C1C(=O)N(Cc2ccc(F)cc2)Cc2cncn21. The molecule has 1 aromatic heterocycles. The molecule has 4 rings (SSSR count). The van der Waals surface area contributed by atoms with Crippen LogP contribution in [0.25, 0.3) is 0 Å². The molecule has 0 radical (unpaired) electrons. The minimum absolute atomic E-state index is 0.0893. The van der Waals surface area contributed by atoms with Crippen LogP contribution in [-0.4, -0.2) is 20.4 Å². The molecule has 1 fully saturated rings. The molecule has 0 bridgehead atoms. The summed E-state index contributed by atoms with van der Waals surface area (Å²) in [5.74, 6) is 0.476. The lowest BCUT2D eigenvalue weighted by molar-refractivity contribution is -0.142. The van der Waals surface area contributed by atoms with Crippen molar-refractivity contribution in [2.24, 2.45) is 11.3 Å². The monoisotopic (exact) mass is 327 g/mol. The summed E-state index contributed by atoms with van der Waals surface area (Å²) in [4.78, 5) is 19.4. The van der Waals surface area contributed by atoms with E-state index < -0.39 is 0 Å². The first-order valence-corrected chi connectivity index (χ1v) is 8.51. The lowest BCUT2D eigenvalue weighted by Crippen LogP contribution is -2.48. The van der Waals surface area contributed by atoms with E-state index in [1.165, 1.54) is 25.0 Å². The van der Waals surface area contributed by atoms with Gasteiger partial charge >= 0.3 is 0 Å². The molecule has 24 heavy (non-hydrogen) atoms. The Balaban J connectivity index is 1.65. The van der Waals surface area contributed by atoms with Gasteiger partial charge in [0, 0.05) is 12.7 Å². The summed E-state index contributed by atoms with van der Waals surface area (Å²) < 4.78 is 15.2. The van der Waals surface area contributed by atoms with Crippen LogP contribution in [0.4, 0.5) is 4.39 Å². The van der Waals surface area contributed by atoms with Gasteiger partial charge in [0.05, 0.1) is 18.6 Å². The standard InChI is InChI=1S/C19H22FN3O/c1-19(2,14-5-6-14)17-18(24)22(11-16-9-21-12-23(16)17)10-13-3-7-15(20)8-4-13/h3-4,7-9,12,14,17H,5-6,10-11H2,1-2H3. The number of benzene rings is 1. The number of nitrogens with zero attached hydrogens (tertiary/aromatic N) is 3. The molecule has 2 heterocycles. The number of carbonyl (C=O) groups excluding carboxylic acids is 1. The summed E-state index contributed by atoms with van der Waals surface area (Å²) >= 11 is 0. The van der Waals surface area contributed by atoms with E-state index in [1.54, 1.807) is 18.5 Å². The Morgan fingerprint density at radius 2 is 1.96 bits per heavy atom. The molecular formula is C19H22FN3O. The summed E-state index contributed by atoms with van der Waals surface area (Å²) in [7, 11) is 0. The number of hydrogen-bond donors (Lipinski definition) is 0. The Hall–Kier alpha value is -2.17. The minimum Gasteiger partial charge on any atom is -0.331 e. The summed E-state index contributed by atoms with van der Waals surface area (Å²) in [5, 5.41) is 0.